The summed E-state index contributed by atoms with van der Waals surface area (Å²) in [6.45, 7) is 0. The number of amides is 1. The van der Waals surface area contributed by atoms with E-state index in [1.807, 2.05) is 0 Å². The molecule has 32 heavy (non-hydrogen) atoms. The highest BCUT2D eigenvalue weighted by atomic mass is 32.2. The largest absolute Gasteiger partial charge is 0.321 e. The fraction of sp³-hybridized carbons (Fsp3) is 0.136. The number of nitrogens with zero attached hydrogens (tertiary/aromatic N) is 3. The standard InChI is InChI=1S/C22H17F3N4OS2/c23-17-3-1-2-4-18(17)29-10-9-15(13-29)12-26-28-22-27-20(30)19(32-22)11-14-5-7-16(8-6-14)31-21(24)25/h1-10,12-13,19,21H,11H2,(H,27,28,30)/b26-12-/t19-/m0/s1. The Morgan fingerprint density at radius 2 is 1.94 bits per heavy atom. The van der Waals surface area contributed by atoms with Crippen LogP contribution in [0.3, 0.4) is 0 Å². The van der Waals surface area contributed by atoms with E-state index in [1.54, 1.807) is 65.5 Å². The Morgan fingerprint density at radius 1 is 1.16 bits per heavy atom. The normalized spacial score (nSPS) is 17.6. The molecule has 5 nitrogen and oxygen atoms in total. The van der Waals surface area contributed by atoms with Crippen molar-refractivity contribution < 1.29 is 18.0 Å². The lowest BCUT2D eigenvalue weighted by Gasteiger charge is -2.06. The van der Waals surface area contributed by atoms with Gasteiger partial charge in [0.05, 0.1) is 17.2 Å². The number of amidine groups is 1. The van der Waals surface area contributed by atoms with Crippen LogP contribution in [-0.2, 0) is 11.2 Å². The van der Waals surface area contributed by atoms with Gasteiger partial charge >= 0.3 is 0 Å². The molecular formula is C22H17F3N4OS2. The summed E-state index contributed by atoms with van der Waals surface area (Å²) in [6.07, 6.45) is 5.41. The maximum Gasteiger partial charge on any atom is 0.288 e. The first kappa shape index (κ1) is 22.2. The predicted molar refractivity (Wildman–Crippen MR) is 122 cm³/mol. The van der Waals surface area contributed by atoms with Crippen molar-refractivity contribution in [3.8, 4) is 5.69 Å². The summed E-state index contributed by atoms with van der Waals surface area (Å²) in [7, 11) is 0. The monoisotopic (exact) mass is 474 g/mol. The highest BCUT2D eigenvalue weighted by molar-refractivity contribution is 8.15. The minimum atomic E-state index is -2.46. The summed E-state index contributed by atoms with van der Waals surface area (Å²) in [5.74, 6) is -2.97. The molecule has 10 heteroatoms. The molecule has 164 valence electrons. The summed E-state index contributed by atoms with van der Waals surface area (Å²) in [5.41, 5.74) is 2.03. The first-order valence-corrected chi connectivity index (χ1v) is 11.3. The van der Waals surface area contributed by atoms with Gasteiger partial charge in [0, 0.05) is 22.9 Å². The van der Waals surface area contributed by atoms with Crippen LogP contribution in [0.5, 0.6) is 0 Å². The van der Waals surface area contributed by atoms with Crippen molar-refractivity contribution in [2.45, 2.75) is 22.3 Å². The van der Waals surface area contributed by atoms with Crippen LogP contribution in [-0.4, -0.2) is 32.9 Å². The van der Waals surface area contributed by atoms with Crippen LogP contribution in [0.4, 0.5) is 13.2 Å². The van der Waals surface area contributed by atoms with Gasteiger partial charge < -0.3 is 9.88 Å². The van der Waals surface area contributed by atoms with E-state index in [1.165, 1.54) is 24.0 Å². The third-order valence-electron chi connectivity index (χ3n) is 4.55. The molecule has 1 aromatic heterocycles. The van der Waals surface area contributed by atoms with E-state index in [0.29, 0.717) is 33.9 Å². The molecule has 2 aromatic carbocycles. The van der Waals surface area contributed by atoms with Crippen molar-refractivity contribution >= 4 is 40.8 Å². The Morgan fingerprint density at radius 3 is 2.69 bits per heavy atom. The Bertz CT molecular complexity index is 1160. The molecule has 4 rings (SSSR count). The van der Waals surface area contributed by atoms with Crippen LogP contribution in [0, 0.1) is 5.82 Å². The van der Waals surface area contributed by atoms with Gasteiger partial charge in [0.25, 0.3) is 5.76 Å². The van der Waals surface area contributed by atoms with Gasteiger partial charge in [-0.25, -0.2) is 4.39 Å². The van der Waals surface area contributed by atoms with E-state index in [4.69, 9.17) is 0 Å². The molecule has 1 aliphatic rings. The first-order valence-electron chi connectivity index (χ1n) is 9.53. The number of thioether (sulfide) groups is 2. The third-order valence-corrected chi connectivity index (χ3v) is 6.34. The zero-order chi connectivity index (χ0) is 22.5. The average Bonchev–Trinajstić information content (AvgIpc) is 3.36. The van der Waals surface area contributed by atoms with E-state index in [2.05, 4.69) is 15.5 Å². The van der Waals surface area contributed by atoms with E-state index < -0.39 is 5.76 Å². The number of carbonyl (C=O) groups excluding carboxylic acids is 1. The lowest BCUT2D eigenvalue weighted by Crippen LogP contribution is -2.25. The molecule has 0 spiro atoms. The number of carbonyl (C=O) groups is 1. The number of halogens is 3. The fourth-order valence-corrected chi connectivity index (χ4v) is 4.52. The minimum Gasteiger partial charge on any atom is -0.321 e. The van der Waals surface area contributed by atoms with Gasteiger partial charge in [0.15, 0.2) is 5.17 Å². The first-order chi connectivity index (χ1) is 15.5. The van der Waals surface area contributed by atoms with E-state index >= 15 is 0 Å². The number of alkyl halides is 2. The van der Waals surface area contributed by atoms with Gasteiger partial charge in [-0.3, -0.25) is 4.79 Å². The second kappa shape index (κ2) is 10.1. The molecule has 0 unspecified atom stereocenters. The zero-order valence-electron chi connectivity index (χ0n) is 16.5. The van der Waals surface area contributed by atoms with Gasteiger partial charge in [0.1, 0.15) is 5.82 Å². The molecule has 0 saturated carbocycles. The number of para-hydroxylation sites is 1. The second-order valence-electron chi connectivity index (χ2n) is 6.78. The maximum absolute atomic E-state index is 13.9. The SMILES string of the molecule is O=C1N/C(=N\N=C/c2ccn(-c3ccccc3F)c2)S[C@H]1Cc1ccc(SC(F)F)cc1. The molecule has 1 saturated heterocycles. The van der Waals surface area contributed by atoms with Gasteiger partial charge in [-0.05, 0) is 42.3 Å². The molecule has 1 aliphatic heterocycles. The molecular weight excluding hydrogens is 457 g/mol. The highest BCUT2D eigenvalue weighted by Crippen LogP contribution is 2.27. The van der Waals surface area contributed by atoms with Gasteiger partial charge in [-0.2, -0.15) is 13.9 Å². The lowest BCUT2D eigenvalue weighted by molar-refractivity contribution is -0.118. The molecule has 1 N–H and O–H groups in total. The number of hydrogen-bond donors (Lipinski definition) is 1. The topological polar surface area (TPSA) is 58.8 Å². The van der Waals surface area contributed by atoms with Crippen molar-refractivity contribution in [2.75, 3.05) is 0 Å². The van der Waals surface area contributed by atoms with Gasteiger partial charge in [0.2, 0.25) is 5.91 Å². The van der Waals surface area contributed by atoms with Crippen molar-refractivity contribution in [3.63, 3.8) is 0 Å². The number of rotatable bonds is 7. The van der Waals surface area contributed by atoms with Crippen LogP contribution >= 0.6 is 23.5 Å². The second-order valence-corrected chi connectivity index (χ2v) is 9.03. The van der Waals surface area contributed by atoms with Gasteiger partial charge in [-0.1, -0.05) is 47.8 Å². The summed E-state index contributed by atoms with van der Waals surface area (Å²) in [6, 6.07) is 14.9. The molecule has 0 aliphatic carbocycles. The van der Waals surface area contributed by atoms with Crippen molar-refractivity contribution in [1.82, 2.24) is 9.88 Å². The van der Waals surface area contributed by atoms with Crippen LogP contribution in [0.2, 0.25) is 0 Å². The molecule has 1 fully saturated rings. The molecule has 1 amide bonds. The van der Waals surface area contributed by atoms with E-state index in [9.17, 15) is 18.0 Å². The number of benzene rings is 2. The third kappa shape index (κ3) is 5.63. The number of aromatic nitrogens is 1. The Kier molecular flexibility index (Phi) is 7.01. The summed E-state index contributed by atoms with van der Waals surface area (Å²) in [5, 5.41) is 10.8. The Labute approximate surface area is 190 Å². The van der Waals surface area contributed by atoms with Crippen LogP contribution in [0.15, 0.2) is 82.1 Å². The Hall–Kier alpha value is -2.98. The van der Waals surface area contributed by atoms with E-state index in [-0.39, 0.29) is 17.0 Å². The fourth-order valence-electron chi connectivity index (χ4n) is 3.06. The summed E-state index contributed by atoms with van der Waals surface area (Å²) in [4.78, 5) is 12.7. The number of nitrogens with one attached hydrogen (secondary N) is 1. The molecule has 0 bridgehead atoms. The highest BCUT2D eigenvalue weighted by Gasteiger charge is 2.30. The smallest absolute Gasteiger partial charge is 0.288 e. The van der Waals surface area contributed by atoms with Gasteiger partial charge in [-0.15, -0.1) is 5.10 Å². The Balaban J connectivity index is 1.35. The van der Waals surface area contributed by atoms with Crippen LogP contribution < -0.4 is 5.32 Å². The molecule has 2 heterocycles. The van der Waals surface area contributed by atoms with Crippen LogP contribution in [0.1, 0.15) is 11.1 Å². The predicted octanol–water partition coefficient (Wildman–Crippen LogP) is 5.10. The zero-order valence-corrected chi connectivity index (χ0v) is 18.1. The summed E-state index contributed by atoms with van der Waals surface area (Å²) < 4.78 is 40.4. The van der Waals surface area contributed by atoms with E-state index in [0.717, 1.165) is 11.1 Å². The molecule has 0 radical (unpaired) electrons. The lowest BCUT2D eigenvalue weighted by atomic mass is 10.1. The molecule has 1 atom stereocenters. The summed E-state index contributed by atoms with van der Waals surface area (Å²) >= 11 is 1.75. The van der Waals surface area contributed by atoms with Crippen LogP contribution in [0.25, 0.3) is 5.69 Å². The quantitative estimate of drug-likeness (QED) is 0.295. The number of hydrogen-bond acceptors (Lipinski definition) is 5. The van der Waals surface area contributed by atoms with Crippen molar-refractivity contribution in [1.29, 1.82) is 0 Å². The maximum atomic E-state index is 13.9. The van der Waals surface area contributed by atoms with Crippen molar-refractivity contribution in [2.24, 2.45) is 10.2 Å². The van der Waals surface area contributed by atoms with Crippen molar-refractivity contribution in [3.05, 3.63) is 83.9 Å². The molecule has 3 aromatic rings. The average molecular weight is 475 g/mol. The minimum absolute atomic E-state index is 0.180.